The van der Waals surface area contributed by atoms with E-state index in [2.05, 4.69) is 20.8 Å². The molecule has 19 heavy (non-hydrogen) atoms. The van der Waals surface area contributed by atoms with Crippen molar-refractivity contribution in [3.8, 4) is 0 Å². The Labute approximate surface area is 122 Å². The van der Waals surface area contributed by atoms with E-state index in [1.165, 1.54) is 6.42 Å². The second-order valence-electron chi connectivity index (χ2n) is 6.17. The first kappa shape index (κ1) is 16.4. The van der Waals surface area contributed by atoms with Crippen LogP contribution in [-0.2, 0) is 4.79 Å². The number of hydrogen-bond acceptors (Lipinski definition) is 2. The number of carbonyl (C=O) groups excluding carboxylic acids is 1. The second-order valence-corrected chi connectivity index (χ2v) is 6.61. The number of piperidine rings is 1. The zero-order chi connectivity index (χ0) is 14.8. The van der Waals surface area contributed by atoms with E-state index >= 15 is 0 Å². The summed E-state index contributed by atoms with van der Waals surface area (Å²) in [4.78, 5) is 15.4. The Morgan fingerprint density at radius 1 is 1.32 bits per heavy atom. The highest BCUT2D eigenvalue weighted by atomic mass is 32.1. The molecule has 0 radical (unpaired) electrons. The molecule has 0 aromatic rings. The smallest absolute Gasteiger partial charge is 0.235 e. The van der Waals surface area contributed by atoms with Crippen LogP contribution in [-0.4, -0.2) is 28.4 Å². The van der Waals surface area contributed by atoms with E-state index in [1.807, 2.05) is 18.7 Å². The van der Waals surface area contributed by atoms with Crippen molar-refractivity contribution in [1.82, 2.24) is 4.90 Å². The molecule has 4 heteroatoms. The highest BCUT2D eigenvalue weighted by Crippen LogP contribution is 2.35. The molecule has 0 spiro atoms. The lowest BCUT2D eigenvalue weighted by molar-refractivity contribution is -0.144. The van der Waals surface area contributed by atoms with Gasteiger partial charge in [0.1, 0.15) is 0 Å². The van der Waals surface area contributed by atoms with Crippen molar-refractivity contribution in [1.29, 1.82) is 0 Å². The lowest BCUT2D eigenvalue weighted by Crippen LogP contribution is -2.57. The van der Waals surface area contributed by atoms with Gasteiger partial charge in [0.25, 0.3) is 0 Å². The van der Waals surface area contributed by atoms with Crippen LogP contribution in [0.1, 0.15) is 53.9 Å². The molecule has 0 aromatic heterocycles. The second kappa shape index (κ2) is 6.21. The maximum atomic E-state index is 13.0. The Bertz CT molecular complexity index is 352. The molecule has 110 valence electrons. The average molecular weight is 284 g/mol. The fourth-order valence-corrected chi connectivity index (χ4v) is 3.64. The molecule has 1 rings (SSSR count). The number of thiocarbonyl (C=S) groups is 1. The van der Waals surface area contributed by atoms with Crippen LogP contribution in [0.25, 0.3) is 0 Å². The van der Waals surface area contributed by atoms with E-state index in [4.69, 9.17) is 18.0 Å². The molecule has 0 aliphatic carbocycles. The summed E-state index contributed by atoms with van der Waals surface area (Å²) in [5, 5.41) is 0. The van der Waals surface area contributed by atoms with Crippen LogP contribution in [0.3, 0.4) is 0 Å². The third-order valence-corrected chi connectivity index (χ3v) is 5.34. The molecule has 3 nitrogen and oxygen atoms in total. The molecule has 0 saturated carbocycles. The summed E-state index contributed by atoms with van der Waals surface area (Å²) in [6.45, 7) is 11.4. The zero-order valence-electron chi connectivity index (χ0n) is 12.9. The number of likely N-dealkylation sites (tertiary alicyclic amines) is 1. The van der Waals surface area contributed by atoms with Gasteiger partial charge >= 0.3 is 0 Å². The van der Waals surface area contributed by atoms with Crippen molar-refractivity contribution >= 4 is 23.1 Å². The Morgan fingerprint density at radius 2 is 1.84 bits per heavy atom. The molecule has 1 aliphatic rings. The molecule has 0 bridgehead atoms. The number of nitrogens with two attached hydrogens (primary N) is 1. The van der Waals surface area contributed by atoms with Crippen molar-refractivity contribution < 1.29 is 4.79 Å². The summed E-state index contributed by atoms with van der Waals surface area (Å²) in [6, 6.07) is 0.274. The molecule has 1 heterocycles. The van der Waals surface area contributed by atoms with Crippen LogP contribution < -0.4 is 5.73 Å². The normalized spacial score (nSPS) is 28.3. The number of amides is 1. The van der Waals surface area contributed by atoms with E-state index in [0.29, 0.717) is 29.7 Å². The largest absolute Gasteiger partial charge is 0.392 e. The van der Waals surface area contributed by atoms with E-state index in [-0.39, 0.29) is 11.9 Å². The lowest BCUT2D eigenvalue weighted by Gasteiger charge is -2.45. The maximum absolute atomic E-state index is 13.0. The summed E-state index contributed by atoms with van der Waals surface area (Å²) < 4.78 is 0. The van der Waals surface area contributed by atoms with Gasteiger partial charge in [0.15, 0.2) is 0 Å². The van der Waals surface area contributed by atoms with Crippen LogP contribution in [0.4, 0.5) is 0 Å². The third kappa shape index (κ3) is 2.93. The minimum atomic E-state index is -0.652. The molecule has 3 unspecified atom stereocenters. The minimum Gasteiger partial charge on any atom is -0.392 e. The summed E-state index contributed by atoms with van der Waals surface area (Å²) in [7, 11) is 0. The number of carbonyl (C=O) groups is 1. The van der Waals surface area contributed by atoms with Crippen molar-refractivity contribution in [2.75, 3.05) is 6.54 Å². The first-order valence-electron chi connectivity index (χ1n) is 7.41. The van der Waals surface area contributed by atoms with E-state index < -0.39 is 5.41 Å². The minimum absolute atomic E-state index is 0.135. The molecule has 2 N–H and O–H groups in total. The van der Waals surface area contributed by atoms with Crippen molar-refractivity contribution in [3.05, 3.63) is 0 Å². The zero-order valence-corrected chi connectivity index (χ0v) is 13.7. The molecular formula is C15H28N2OS. The Morgan fingerprint density at radius 3 is 2.26 bits per heavy atom. The van der Waals surface area contributed by atoms with Crippen LogP contribution in [0.15, 0.2) is 0 Å². The summed E-state index contributed by atoms with van der Waals surface area (Å²) >= 11 is 5.20. The van der Waals surface area contributed by atoms with Crippen LogP contribution in [0, 0.1) is 17.3 Å². The predicted molar refractivity (Wildman–Crippen MR) is 83.9 cm³/mol. The van der Waals surface area contributed by atoms with Gasteiger partial charge in [0.2, 0.25) is 5.91 Å². The van der Waals surface area contributed by atoms with Gasteiger partial charge in [-0.2, -0.15) is 0 Å². The van der Waals surface area contributed by atoms with Gasteiger partial charge in [-0.05, 0) is 38.0 Å². The summed E-state index contributed by atoms with van der Waals surface area (Å²) in [6.07, 6.45) is 2.55. The van der Waals surface area contributed by atoms with Crippen molar-refractivity contribution in [2.45, 2.75) is 59.9 Å². The van der Waals surface area contributed by atoms with Crippen LogP contribution >= 0.6 is 12.2 Å². The Hall–Kier alpha value is -0.640. The number of nitrogens with zero attached hydrogens (tertiary/aromatic N) is 1. The van der Waals surface area contributed by atoms with Crippen LogP contribution in [0.2, 0.25) is 0 Å². The summed E-state index contributed by atoms with van der Waals surface area (Å²) in [5.74, 6) is 1.22. The quantitative estimate of drug-likeness (QED) is 0.807. The van der Waals surface area contributed by atoms with Gasteiger partial charge in [-0.3, -0.25) is 4.79 Å². The predicted octanol–water partition coefficient (Wildman–Crippen LogP) is 2.97. The van der Waals surface area contributed by atoms with Gasteiger partial charge in [0.05, 0.1) is 10.4 Å². The standard InChI is InChI=1S/C15H28N2OS/c1-6-15(7-2,13(16)19)14(18)17-9-10(3)8-11(4)12(17)5/h10-12H,6-9H2,1-5H3,(H2,16,19). The van der Waals surface area contributed by atoms with Gasteiger partial charge in [-0.25, -0.2) is 0 Å². The molecule has 1 saturated heterocycles. The first-order valence-corrected chi connectivity index (χ1v) is 7.81. The lowest BCUT2D eigenvalue weighted by atomic mass is 9.78. The van der Waals surface area contributed by atoms with Gasteiger partial charge in [-0.15, -0.1) is 0 Å². The van der Waals surface area contributed by atoms with Gasteiger partial charge in [-0.1, -0.05) is 39.9 Å². The summed E-state index contributed by atoms with van der Waals surface area (Å²) in [5.41, 5.74) is 5.25. The molecular weight excluding hydrogens is 256 g/mol. The van der Waals surface area contributed by atoms with E-state index in [0.717, 1.165) is 6.54 Å². The molecule has 0 aromatic carbocycles. The number of hydrogen-bond donors (Lipinski definition) is 1. The van der Waals surface area contributed by atoms with Crippen molar-refractivity contribution in [2.24, 2.45) is 23.0 Å². The third-order valence-electron chi connectivity index (χ3n) is 4.95. The van der Waals surface area contributed by atoms with E-state index in [9.17, 15) is 4.79 Å². The van der Waals surface area contributed by atoms with E-state index in [1.54, 1.807) is 0 Å². The molecule has 1 amide bonds. The fourth-order valence-electron chi connectivity index (χ4n) is 3.26. The first-order chi connectivity index (χ1) is 8.80. The Balaban J connectivity index is 3.05. The van der Waals surface area contributed by atoms with Crippen molar-refractivity contribution in [3.63, 3.8) is 0 Å². The molecule has 1 aliphatic heterocycles. The Kier molecular flexibility index (Phi) is 5.36. The number of rotatable bonds is 4. The highest BCUT2D eigenvalue weighted by molar-refractivity contribution is 7.80. The van der Waals surface area contributed by atoms with Gasteiger partial charge in [0, 0.05) is 12.6 Å². The monoisotopic (exact) mass is 284 g/mol. The van der Waals surface area contributed by atoms with Crippen LogP contribution in [0.5, 0.6) is 0 Å². The van der Waals surface area contributed by atoms with Gasteiger partial charge < -0.3 is 10.6 Å². The molecule has 3 atom stereocenters. The topological polar surface area (TPSA) is 46.3 Å². The SMILES string of the molecule is CCC(CC)(C(=O)N1CC(C)CC(C)C1C)C(N)=S. The molecule has 1 fully saturated rings. The maximum Gasteiger partial charge on any atom is 0.235 e. The average Bonchev–Trinajstić information content (AvgIpc) is 2.35. The fraction of sp³-hybridized carbons (Fsp3) is 0.867. The highest BCUT2D eigenvalue weighted by Gasteiger charge is 2.44.